The Labute approximate surface area is 145 Å². The highest BCUT2D eigenvalue weighted by Gasteiger charge is 2.11. The molecule has 0 saturated carbocycles. The van der Waals surface area contributed by atoms with Crippen LogP contribution >= 0.6 is 0 Å². The number of aromatic amines is 1. The van der Waals surface area contributed by atoms with Gasteiger partial charge in [-0.25, -0.2) is 4.98 Å². The molecule has 0 radical (unpaired) electrons. The topological polar surface area (TPSA) is 55.0 Å². The zero-order valence-electron chi connectivity index (χ0n) is 14.2. The van der Waals surface area contributed by atoms with Crippen LogP contribution in [-0.4, -0.2) is 17.1 Å². The molecule has 25 heavy (non-hydrogen) atoms. The minimum absolute atomic E-state index is 0.0913. The van der Waals surface area contributed by atoms with Crippen LogP contribution in [-0.2, 0) is 6.42 Å². The Balaban J connectivity index is 1.97. The van der Waals surface area contributed by atoms with Crippen LogP contribution in [0, 0.1) is 0 Å². The monoisotopic (exact) mass is 330 g/mol. The average molecular weight is 330 g/mol. The lowest BCUT2D eigenvalue weighted by molar-refractivity contribution is 0.419. The summed E-state index contributed by atoms with van der Waals surface area (Å²) in [7, 11) is 1.67. The van der Waals surface area contributed by atoms with E-state index in [9.17, 15) is 4.79 Å². The Morgan fingerprint density at radius 3 is 2.72 bits per heavy atom. The number of aryl methyl sites for hydroxylation is 1. The lowest BCUT2D eigenvalue weighted by Crippen LogP contribution is -2.02. The van der Waals surface area contributed by atoms with Gasteiger partial charge >= 0.3 is 0 Å². The number of nitrogens with zero attached hydrogens (tertiary/aromatic N) is 1. The van der Waals surface area contributed by atoms with E-state index >= 15 is 0 Å². The highest BCUT2D eigenvalue weighted by Crippen LogP contribution is 2.34. The summed E-state index contributed by atoms with van der Waals surface area (Å²) in [6.45, 7) is 2.09. The van der Waals surface area contributed by atoms with Crippen LogP contribution < -0.4 is 10.3 Å². The third kappa shape index (κ3) is 2.66. The normalized spacial score (nSPS) is 11.1. The highest BCUT2D eigenvalue weighted by atomic mass is 16.5. The zero-order valence-corrected chi connectivity index (χ0v) is 14.2. The number of ether oxygens (including phenoxy) is 1. The highest BCUT2D eigenvalue weighted by molar-refractivity contribution is 5.99. The van der Waals surface area contributed by atoms with E-state index in [2.05, 4.69) is 36.2 Å². The van der Waals surface area contributed by atoms with Gasteiger partial charge in [-0.15, -0.1) is 0 Å². The van der Waals surface area contributed by atoms with Gasteiger partial charge in [-0.2, -0.15) is 0 Å². The van der Waals surface area contributed by atoms with E-state index in [1.807, 2.05) is 24.3 Å². The van der Waals surface area contributed by atoms with E-state index in [1.165, 1.54) is 0 Å². The number of fused-ring (bicyclic) bond motifs is 2. The van der Waals surface area contributed by atoms with E-state index in [1.54, 1.807) is 13.2 Å². The molecule has 0 atom stereocenters. The maximum atomic E-state index is 11.5. The van der Waals surface area contributed by atoms with Crippen molar-refractivity contribution in [2.24, 2.45) is 0 Å². The summed E-state index contributed by atoms with van der Waals surface area (Å²) < 4.78 is 5.50. The van der Waals surface area contributed by atoms with Crippen LogP contribution in [0.3, 0.4) is 0 Å². The fourth-order valence-electron chi connectivity index (χ4n) is 3.17. The molecule has 0 aliphatic heterocycles. The molecular formula is C21H18N2O2. The largest absolute Gasteiger partial charge is 0.494 e. The number of hydrogen-bond donors (Lipinski definition) is 1. The summed E-state index contributed by atoms with van der Waals surface area (Å²) in [6, 6.07) is 17.6. The van der Waals surface area contributed by atoms with Crippen LogP contribution in [0.25, 0.3) is 32.9 Å². The van der Waals surface area contributed by atoms with Gasteiger partial charge in [-0.1, -0.05) is 19.1 Å². The minimum atomic E-state index is -0.0913. The molecule has 2 aromatic carbocycles. The number of H-pyrrole nitrogens is 1. The number of benzene rings is 2. The molecular weight excluding hydrogens is 312 g/mol. The van der Waals surface area contributed by atoms with Crippen LogP contribution in [0.15, 0.2) is 59.4 Å². The summed E-state index contributed by atoms with van der Waals surface area (Å²) in [5.74, 6) is 0.777. The van der Waals surface area contributed by atoms with Gasteiger partial charge in [0.25, 0.3) is 0 Å². The number of rotatable bonds is 3. The zero-order chi connectivity index (χ0) is 17.4. The minimum Gasteiger partial charge on any atom is -0.494 e. The molecule has 2 aromatic heterocycles. The van der Waals surface area contributed by atoms with Crippen molar-refractivity contribution >= 4 is 21.8 Å². The van der Waals surface area contributed by atoms with Crippen molar-refractivity contribution in [1.82, 2.24) is 9.97 Å². The molecule has 0 unspecified atom stereocenters. The second kappa shape index (κ2) is 6.06. The van der Waals surface area contributed by atoms with E-state index in [0.29, 0.717) is 0 Å². The predicted molar refractivity (Wildman–Crippen MR) is 101 cm³/mol. The lowest BCUT2D eigenvalue weighted by atomic mass is 9.98. The average Bonchev–Trinajstić information content (AvgIpc) is 2.66. The van der Waals surface area contributed by atoms with Crippen LogP contribution in [0.2, 0.25) is 0 Å². The number of nitrogens with one attached hydrogen (secondary N) is 1. The second-order valence-corrected chi connectivity index (χ2v) is 5.99. The quantitative estimate of drug-likeness (QED) is 0.609. The van der Waals surface area contributed by atoms with Crippen molar-refractivity contribution in [3.8, 4) is 16.9 Å². The maximum Gasteiger partial charge on any atom is 0.248 e. The number of aromatic nitrogens is 2. The van der Waals surface area contributed by atoms with Gasteiger partial charge in [0.1, 0.15) is 11.3 Å². The van der Waals surface area contributed by atoms with Crippen LogP contribution in [0.1, 0.15) is 12.6 Å². The third-order valence-corrected chi connectivity index (χ3v) is 4.49. The number of methoxy groups -OCH3 is 1. The lowest BCUT2D eigenvalue weighted by Gasteiger charge is -2.12. The fraction of sp³-hybridized carbons (Fsp3) is 0.143. The van der Waals surface area contributed by atoms with Gasteiger partial charge in [0.15, 0.2) is 0 Å². The van der Waals surface area contributed by atoms with E-state index in [0.717, 1.165) is 50.8 Å². The first-order chi connectivity index (χ1) is 12.2. The summed E-state index contributed by atoms with van der Waals surface area (Å²) >= 11 is 0. The Morgan fingerprint density at radius 1 is 1.04 bits per heavy atom. The molecule has 2 heterocycles. The molecule has 0 bridgehead atoms. The van der Waals surface area contributed by atoms with Crippen molar-refractivity contribution in [2.75, 3.05) is 7.11 Å². The van der Waals surface area contributed by atoms with Gasteiger partial charge in [0, 0.05) is 22.7 Å². The predicted octanol–water partition coefficient (Wildman–Crippen LogP) is 4.31. The second-order valence-electron chi connectivity index (χ2n) is 5.99. The summed E-state index contributed by atoms with van der Waals surface area (Å²) in [5, 5.41) is 2.06. The van der Waals surface area contributed by atoms with E-state index in [-0.39, 0.29) is 5.56 Å². The van der Waals surface area contributed by atoms with E-state index < -0.39 is 0 Å². The van der Waals surface area contributed by atoms with Crippen LogP contribution in [0.4, 0.5) is 0 Å². The molecule has 0 spiro atoms. The third-order valence-electron chi connectivity index (χ3n) is 4.49. The standard InChI is InChI=1S/C21H18N2O2/c1-3-15-6-7-17-16(8-10-19(25-2)21(17)22-15)13-4-9-18-14(12-13)5-11-20(24)23-18/h4-12H,3H2,1-2H3,(H,23,24). The molecule has 4 nitrogen and oxygen atoms in total. The van der Waals surface area contributed by atoms with Gasteiger partial charge in [0.05, 0.1) is 7.11 Å². The molecule has 0 aliphatic rings. The molecule has 4 aromatic rings. The van der Waals surface area contributed by atoms with Gasteiger partial charge in [-0.3, -0.25) is 4.79 Å². The Kier molecular flexibility index (Phi) is 3.73. The summed E-state index contributed by atoms with van der Waals surface area (Å²) in [4.78, 5) is 19.1. The number of hydrogen-bond acceptors (Lipinski definition) is 3. The maximum absolute atomic E-state index is 11.5. The first kappa shape index (κ1) is 15.4. The van der Waals surface area contributed by atoms with Gasteiger partial charge in [0.2, 0.25) is 5.56 Å². The fourth-order valence-corrected chi connectivity index (χ4v) is 3.17. The molecule has 4 heteroatoms. The molecule has 0 saturated heterocycles. The Morgan fingerprint density at radius 2 is 1.92 bits per heavy atom. The van der Waals surface area contributed by atoms with Crippen LogP contribution in [0.5, 0.6) is 5.75 Å². The SMILES string of the molecule is CCc1ccc2c(-c3ccc4[nH]c(=O)ccc4c3)ccc(OC)c2n1. The molecule has 4 rings (SSSR count). The number of pyridine rings is 2. The smallest absolute Gasteiger partial charge is 0.248 e. The first-order valence-corrected chi connectivity index (χ1v) is 8.29. The van der Waals surface area contributed by atoms with Crippen molar-refractivity contribution < 1.29 is 4.74 Å². The van der Waals surface area contributed by atoms with Gasteiger partial charge < -0.3 is 9.72 Å². The van der Waals surface area contributed by atoms with Crippen molar-refractivity contribution in [2.45, 2.75) is 13.3 Å². The van der Waals surface area contributed by atoms with Crippen molar-refractivity contribution in [3.05, 3.63) is 70.6 Å². The Bertz CT molecular complexity index is 1150. The molecule has 0 amide bonds. The van der Waals surface area contributed by atoms with Gasteiger partial charge in [-0.05, 0) is 59.3 Å². The summed E-state index contributed by atoms with van der Waals surface area (Å²) in [6.07, 6.45) is 0.882. The molecule has 124 valence electrons. The van der Waals surface area contributed by atoms with Crippen molar-refractivity contribution in [1.29, 1.82) is 0 Å². The molecule has 1 N–H and O–H groups in total. The van der Waals surface area contributed by atoms with E-state index in [4.69, 9.17) is 9.72 Å². The molecule has 0 aliphatic carbocycles. The first-order valence-electron chi connectivity index (χ1n) is 8.29. The van der Waals surface area contributed by atoms with Crippen molar-refractivity contribution in [3.63, 3.8) is 0 Å². The Hall–Kier alpha value is -3.14. The molecule has 0 fully saturated rings. The summed E-state index contributed by atoms with van der Waals surface area (Å²) in [5.41, 5.74) is 4.84.